The summed E-state index contributed by atoms with van der Waals surface area (Å²) in [5.74, 6) is 0.0770. The van der Waals surface area contributed by atoms with Gasteiger partial charge in [0.2, 0.25) is 0 Å². The fourth-order valence-electron chi connectivity index (χ4n) is 2.31. The van der Waals surface area contributed by atoms with Crippen molar-refractivity contribution >= 4 is 54.2 Å². The molecule has 1 amide bonds. The zero-order valence-corrected chi connectivity index (χ0v) is 15.1. The lowest BCUT2D eigenvalue weighted by Gasteiger charge is -2.34. The minimum atomic E-state index is 0.0770. The van der Waals surface area contributed by atoms with Crippen LogP contribution in [0.4, 0.5) is 5.13 Å². The summed E-state index contributed by atoms with van der Waals surface area (Å²) < 4.78 is 1.78. The predicted octanol–water partition coefficient (Wildman–Crippen LogP) is 3.63. The third-order valence-corrected chi connectivity index (χ3v) is 5.40. The van der Waals surface area contributed by atoms with Gasteiger partial charge in [0, 0.05) is 46.7 Å². The van der Waals surface area contributed by atoms with Crippen molar-refractivity contribution in [2.75, 3.05) is 31.1 Å². The van der Waals surface area contributed by atoms with Crippen LogP contribution in [0.2, 0.25) is 0 Å². The summed E-state index contributed by atoms with van der Waals surface area (Å²) in [5, 5.41) is 3.01. The number of hydrogen-bond acceptors (Lipinski definition) is 4. The lowest BCUT2D eigenvalue weighted by Crippen LogP contribution is -2.48. The molecule has 0 bridgehead atoms. The van der Waals surface area contributed by atoms with Gasteiger partial charge in [-0.1, -0.05) is 15.9 Å². The summed E-state index contributed by atoms with van der Waals surface area (Å²) in [6.45, 7) is 3.10. The Kier molecular flexibility index (Phi) is 4.61. The van der Waals surface area contributed by atoms with E-state index < -0.39 is 0 Å². The molecule has 0 atom stereocenters. The van der Waals surface area contributed by atoms with Crippen molar-refractivity contribution in [3.8, 4) is 0 Å². The molecular formula is C14H13Br2N3OS. The number of hydrogen-bond donors (Lipinski definition) is 0. The monoisotopic (exact) mass is 429 g/mol. The van der Waals surface area contributed by atoms with Crippen LogP contribution in [-0.4, -0.2) is 42.0 Å². The molecular weight excluding hydrogens is 418 g/mol. The van der Waals surface area contributed by atoms with E-state index in [1.807, 2.05) is 34.7 Å². The number of thiazole rings is 1. The molecule has 1 aliphatic heterocycles. The fourth-order valence-corrected chi connectivity index (χ4v) is 4.22. The Hall–Kier alpha value is -0.920. The van der Waals surface area contributed by atoms with E-state index in [0.29, 0.717) is 5.56 Å². The van der Waals surface area contributed by atoms with E-state index >= 15 is 0 Å². The van der Waals surface area contributed by atoms with Crippen molar-refractivity contribution in [2.24, 2.45) is 0 Å². The number of benzene rings is 1. The number of anilines is 1. The first-order valence-corrected chi connectivity index (χ1v) is 9.00. The van der Waals surface area contributed by atoms with Gasteiger partial charge < -0.3 is 9.80 Å². The molecule has 0 spiro atoms. The molecule has 0 unspecified atom stereocenters. The Morgan fingerprint density at radius 2 is 1.95 bits per heavy atom. The largest absolute Gasteiger partial charge is 0.345 e. The summed E-state index contributed by atoms with van der Waals surface area (Å²) >= 11 is 8.50. The standard InChI is InChI=1S/C14H13Br2N3OS/c15-10-1-2-11(12(16)9-10)13(20)18-4-6-19(7-5-18)14-17-3-8-21-14/h1-3,8-9H,4-7H2. The van der Waals surface area contributed by atoms with Crippen LogP contribution in [0.5, 0.6) is 0 Å². The lowest BCUT2D eigenvalue weighted by molar-refractivity contribution is 0.0746. The van der Waals surface area contributed by atoms with E-state index in [2.05, 4.69) is 41.7 Å². The number of aromatic nitrogens is 1. The number of halogens is 2. The number of carbonyl (C=O) groups is 1. The predicted molar refractivity (Wildman–Crippen MR) is 92.1 cm³/mol. The number of amides is 1. The van der Waals surface area contributed by atoms with Gasteiger partial charge in [-0.05, 0) is 34.1 Å². The Bertz CT molecular complexity index is 640. The quantitative estimate of drug-likeness (QED) is 0.729. The van der Waals surface area contributed by atoms with Crippen molar-refractivity contribution < 1.29 is 4.79 Å². The maximum absolute atomic E-state index is 12.6. The van der Waals surface area contributed by atoms with Gasteiger partial charge >= 0.3 is 0 Å². The Balaban J connectivity index is 1.67. The van der Waals surface area contributed by atoms with Crippen LogP contribution in [0.15, 0.2) is 38.7 Å². The number of carbonyl (C=O) groups excluding carboxylic acids is 1. The molecule has 7 heteroatoms. The minimum Gasteiger partial charge on any atom is -0.345 e. The van der Waals surface area contributed by atoms with Crippen molar-refractivity contribution in [2.45, 2.75) is 0 Å². The average molecular weight is 431 g/mol. The van der Waals surface area contributed by atoms with Gasteiger partial charge in [-0.15, -0.1) is 11.3 Å². The van der Waals surface area contributed by atoms with Gasteiger partial charge in [-0.25, -0.2) is 4.98 Å². The highest BCUT2D eigenvalue weighted by Crippen LogP contribution is 2.24. The maximum Gasteiger partial charge on any atom is 0.255 e. The van der Waals surface area contributed by atoms with Crippen LogP contribution in [0.3, 0.4) is 0 Å². The summed E-state index contributed by atoms with van der Waals surface area (Å²) in [4.78, 5) is 21.0. The molecule has 1 aromatic carbocycles. The summed E-state index contributed by atoms with van der Waals surface area (Å²) in [6, 6.07) is 5.65. The molecule has 1 aliphatic rings. The SMILES string of the molecule is O=C(c1ccc(Br)cc1Br)N1CCN(c2nccs2)CC1. The van der Waals surface area contributed by atoms with Crippen LogP contribution >= 0.6 is 43.2 Å². The highest BCUT2D eigenvalue weighted by molar-refractivity contribution is 9.11. The highest BCUT2D eigenvalue weighted by Gasteiger charge is 2.24. The van der Waals surface area contributed by atoms with Gasteiger partial charge in [-0.3, -0.25) is 4.79 Å². The third-order valence-electron chi connectivity index (χ3n) is 3.42. The zero-order valence-electron chi connectivity index (χ0n) is 11.1. The van der Waals surface area contributed by atoms with Gasteiger partial charge in [-0.2, -0.15) is 0 Å². The van der Waals surface area contributed by atoms with Crippen LogP contribution in [0, 0.1) is 0 Å². The maximum atomic E-state index is 12.6. The molecule has 0 saturated carbocycles. The van der Waals surface area contributed by atoms with Crippen molar-refractivity contribution in [1.29, 1.82) is 0 Å². The Morgan fingerprint density at radius 3 is 2.57 bits per heavy atom. The van der Waals surface area contributed by atoms with Gasteiger partial charge in [0.15, 0.2) is 5.13 Å². The molecule has 4 nitrogen and oxygen atoms in total. The highest BCUT2D eigenvalue weighted by atomic mass is 79.9. The smallest absolute Gasteiger partial charge is 0.255 e. The van der Waals surface area contributed by atoms with Crippen LogP contribution in [0.1, 0.15) is 10.4 Å². The first-order chi connectivity index (χ1) is 10.1. The molecule has 1 fully saturated rings. The first kappa shape index (κ1) is 15.0. The van der Waals surface area contributed by atoms with E-state index in [-0.39, 0.29) is 5.91 Å². The first-order valence-electron chi connectivity index (χ1n) is 6.54. The second-order valence-electron chi connectivity index (χ2n) is 4.72. The molecule has 21 heavy (non-hydrogen) atoms. The average Bonchev–Trinajstić information content (AvgIpc) is 3.01. The molecule has 2 heterocycles. The van der Waals surface area contributed by atoms with E-state index in [9.17, 15) is 4.79 Å². The molecule has 2 aromatic rings. The molecule has 0 N–H and O–H groups in total. The molecule has 3 rings (SSSR count). The van der Waals surface area contributed by atoms with E-state index in [4.69, 9.17) is 0 Å². The minimum absolute atomic E-state index is 0.0770. The summed E-state index contributed by atoms with van der Waals surface area (Å²) in [7, 11) is 0. The second kappa shape index (κ2) is 6.46. The van der Waals surface area contributed by atoms with Gasteiger partial charge in [0.1, 0.15) is 0 Å². The van der Waals surface area contributed by atoms with E-state index in [1.54, 1.807) is 11.3 Å². The lowest BCUT2D eigenvalue weighted by atomic mass is 10.2. The zero-order chi connectivity index (χ0) is 14.8. The topological polar surface area (TPSA) is 36.4 Å². The van der Waals surface area contributed by atoms with Crippen molar-refractivity contribution in [3.63, 3.8) is 0 Å². The van der Waals surface area contributed by atoms with E-state index in [0.717, 1.165) is 40.3 Å². The molecule has 1 saturated heterocycles. The van der Waals surface area contributed by atoms with Crippen molar-refractivity contribution in [3.05, 3.63) is 44.3 Å². The molecule has 0 radical (unpaired) electrons. The van der Waals surface area contributed by atoms with Crippen molar-refractivity contribution in [1.82, 2.24) is 9.88 Å². The Labute approximate surface area is 144 Å². The van der Waals surface area contributed by atoms with E-state index in [1.165, 1.54) is 0 Å². The molecule has 110 valence electrons. The van der Waals surface area contributed by atoms with Gasteiger partial charge in [0.25, 0.3) is 5.91 Å². The Morgan fingerprint density at radius 1 is 1.19 bits per heavy atom. The third kappa shape index (κ3) is 3.30. The fraction of sp³-hybridized carbons (Fsp3) is 0.286. The molecule has 1 aromatic heterocycles. The number of nitrogens with zero attached hydrogens (tertiary/aromatic N) is 3. The van der Waals surface area contributed by atoms with Crippen LogP contribution in [0.25, 0.3) is 0 Å². The number of rotatable bonds is 2. The van der Waals surface area contributed by atoms with Crippen LogP contribution in [-0.2, 0) is 0 Å². The molecule has 0 aliphatic carbocycles. The number of piperazine rings is 1. The summed E-state index contributed by atoms with van der Waals surface area (Å²) in [5.41, 5.74) is 0.709. The van der Waals surface area contributed by atoms with Gasteiger partial charge in [0.05, 0.1) is 5.56 Å². The van der Waals surface area contributed by atoms with Crippen LogP contribution < -0.4 is 4.90 Å². The second-order valence-corrected chi connectivity index (χ2v) is 7.36. The summed E-state index contributed by atoms with van der Waals surface area (Å²) in [6.07, 6.45) is 1.82. The normalized spacial score (nSPS) is 15.3.